The molecule has 1 aliphatic rings. The molecule has 0 unspecified atom stereocenters. The maximum absolute atomic E-state index is 13.3. The van der Waals surface area contributed by atoms with Crippen LogP contribution in [0.15, 0.2) is 30.5 Å². The number of unbranched alkanes of at least 4 members (excludes halogenated alkanes) is 1. The molecule has 3 heterocycles. The van der Waals surface area contributed by atoms with Gasteiger partial charge in [-0.1, -0.05) is 6.07 Å². The van der Waals surface area contributed by atoms with Gasteiger partial charge in [0, 0.05) is 38.1 Å². The highest BCUT2D eigenvalue weighted by atomic mass is 19.4. The van der Waals surface area contributed by atoms with E-state index in [2.05, 4.69) is 27.8 Å². The molecule has 1 atom stereocenters. The largest absolute Gasteiger partial charge is 0.480 e. The van der Waals surface area contributed by atoms with Crippen molar-refractivity contribution in [1.82, 2.24) is 20.2 Å². The molecule has 0 fully saturated rings. The fourth-order valence-corrected chi connectivity index (χ4v) is 4.43. The summed E-state index contributed by atoms with van der Waals surface area (Å²) in [7, 11) is 0. The van der Waals surface area contributed by atoms with Gasteiger partial charge in [0.2, 0.25) is 0 Å². The van der Waals surface area contributed by atoms with Crippen LogP contribution in [0.3, 0.4) is 0 Å². The number of carboxylic acids is 1. The van der Waals surface area contributed by atoms with Crippen LogP contribution in [0.25, 0.3) is 0 Å². The third-order valence-corrected chi connectivity index (χ3v) is 6.53. The number of alkyl halides is 3. The topological polar surface area (TPSA) is 117 Å². The van der Waals surface area contributed by atoms with Gasteiger partial charge in [0.15, 0.2) is 0 Å². The van der Waals surface area contributed by atoms with Crippen molar-refractivity contribution < 1.29 is 32.6 Å². The number of carbonyl (C=O) groups excluding carboxylic acids is 1. The highest BCUT2D eigenvalue weighted by molar-refractivity contribution is 5.96. The molecule has 214 valence electrons. The fraction of sp³-hybridized carbons (Fsp3) is 0.556. The second-order valence-corrected chi connectivity index (χ2v) is 9.39. The number of carbonyl (C=O) groups is 2. The molecule has 2 aromatic rings. The molecular formula is C27H36F3N5O4. The second-order valence-electron chi connectivity index (χ2n) is 9.39. The van der Waals surface area contributed by atoms with Gasteiger partial charge in [0.25, 0.3) is 5.91 Å². The van der Waals surface area contributed by atoms with Gasteiger partial charge in [-0.15, -0.1) is 0 Å². The summed E-state index contributed by atoms with van der Waals surface area (Å²) in [5, 5.41) is 15.2. The number of fused-ring (bicyclic) bond motifs is 1. The molecule has 3 rings (SSSR count). The molecule has 0 saturated heterocycles. The van der Waals surface area contributed by atoms with E-state index in [1.54, 1.807) is 0 Å². The number of aliphatic carboxylic acids is 1. The van der Waals surface area contributed by atoms with Crippen molar-refractivity contribution in [1.29, 1.82) is 0 Å². The summed E-state index contributed by atoms with van der Waals surface area (Å²) >= 11 is 0. The Balaban J connectivity index is 1.54. The van der Waals surface area contributed by atoms with Crippen LogP contribution in [0.5, 0.6) is 0 Å². The molecular weight excluding hydrogens is 515 g/mol. The van der Waals surface area contributed by atoms with Gasteiger partial charge in [-0.2, -0.15) is 13.2 Å². The van der Waals surface area contributed by atoms with Gasteiger partial charge in [-0.25, -0.2) is 9.78 Å². The minimum Gasteiger partial charge on any atom is -0.480 e. The molecule has 0 saturated carbocycles. The summed E-state index contributed by atoms with van der Waals surface area (Å²) in [6, 6.07) is 4.63. The summed E-state index contributed by atoms with van der Waals surface area (Å²) in [6.07, 6.45) is 0.962. The van der Waals surface area contributed by atoms with Gasteiger partial charge in [0.1, 0.15) is 17.6 Å². The van der Waals surface area contributed by atoms with Crippen molar-refractivity contribution in [3.05, 3.63) is 53.0 Å². The van der Waals surface area contributed by atoms with Crippen molar-refractivity contribution in [2.75, 3.05) is 44.7 Å². The van der Waals surface area contributed by atoms with Crippen molar-refractivity contribution in [3.8, 4) is 0 Å². The zero-order valence-corrected chi connectivity index (χ0v) is 22.1. The normalized spacial score (nSPS) is 14.0. The Labute approximate surface area is 226 Å². The van der Waals surface area contributed by atoms with E-state index in [-0.39, 0.29) is 6.42 Å². The van der Waals surface area contributed by atoms with Crippen LogP contribution in [-0.4, -0.2) is 77.3 Å². The van der Waals surface area contributed by atoms with Crippen molar-refractivity contribution in [2.24, 2.45) is 0 Å². The zero-order chi connectivity index (χ0) is 28.3. The van der Waals surface area contributed by atoms with E-state index in [0.717, 1.165) is 68.5 Å². The smallest absolute Gasteiger partial charge is 0.418 e. The molecule has 9 nitrogen and oxygen atoms in total. The average Bonchev–Trinajstić information content (AvgIpc) is 2.92. The standard InChI is InChI=1S/C27H36F3N5O4/c1-2-39-18-17-35(15-4-3-8-20-11-10-19-7-5-14-32-24(19)33-20)16-12-22(26(37)38)34-25(36)23-21(27(28,29)30)9-6-13-31-23/h6,9-11,13,22H,2-5,7-8,12,14-18H2,1H3,(H,32,33)(H,34,36)(H,37,38)/t22-/m0/s1. The SMILES string of the molecule is CCOCCN(CCCCc1ccc2c(n1)NCCC2)CC[C@H](NC(=O)c1ncccc1C(F)(F)F)C(=O)O. The number of hydrogen-bond acceptors (Lipinski definition) is 7. The molecule has 0 bridgehead atoms. The Bertz CT molecular complexity index is 1100. The summed E-state index contributed by atoms with van der Waals surface area (Å²) in [6.45, 7) is 5.38. The number of amides is 1. The van der Waals surface area contributed by atoms with Gasteiger partial charge in [0.05, 0.1) is 12.2 Å². The number of halogens is 3. The highest BCUT2D eigenvalue weighted by Gasteiger charge is 2.36. The third kappa shape index (κ3) is 9.47. The van der Waals surface area contributed by atoms with E-state index < -0.39 is 35.4 Å². The van der Waals surface area contributed by atoms with Gasteiger partial charge in [-0.05, 0) is 75.8 Å². The van der Waals surface area contributed by atoms with Crippen LogP contribution in [0.4, 0.5) is 19.0 Å². The number of anilines is 1. The van der Waals surface area contributed by atoms with Crippen LogP contribution in [0, 0.1) is 0 Å². The lowest BCUT2D eigenvalue weighted by molar-refractivity contribution is -0.139. The number of hydrogen-bond donors (Lipinski definition) is 3. The number of aromatic nitrogens is 2. The van der Waals surface area contributed by atoms with Crippen molar-refractivity contribution >= 4 is 17.7 Å². The molecule has 1 amide bonds. The summed E-state index contributed by atoms with van der Waals surface area (Å²) < 4.78 is 45.3. The molecule has 39 heavy (non-hydrogen) atoms. The minimum atomic E-state index is -4.79. The Morgan fingerprint density at radius 2 is 2.03 bits per heavy atom. The number of rotatable bonds is 15. The van der Waals surface area contributed by atoms with Crippen molar-refractivity contribution in [3.63, 3.8) is 0 Å². The number of pyridine rings is 2. The Morgan fingerprint density at radius 1 is 1.21 bits per heavy atom. The molecule has 1 aliphatic heterocycles. The molecule has 0 spiro atoms. The Kier molecular flexibility index (Phi) is 11.5. The quantitative estimate of drug-likeness (QED) is 0.287. The first-order valence-electron chi connectivity index (χ1n) is 13.3. The van der Waals surface area contributed by atoms with E-state index in [0.29, 0.717) is 32.8 Å². The lowest BCUT2D eigenvalue weighted by Gasteiger charge is -2.24. The maximum atomic E-state index is 13.3. The lowest BCUT2D eigenvalue weighted by atomic mass is 10.1. The Hall–Kier alpha value is -3.25. The van der Waals surface area contributed by atoms with Crippen LogP contribution in [0.1, 0.15) is 59.9 Å². The molecule has 0 aromatic carbocycles. The molecule has 0 radical (unpaired) electrons. The van der Waals surface area contributed by atoms with Crippen LogP contribution in [0.2, 0.25) is 0 Å². The van der Waals surface area contributed by atoms with E-state index in [4.69, 9.17) is 9.72 Å². The first-order valence-corrected chi connectivity index (χ1v) is 13.3. The lowest BCUT2D eigenvalue weighted by Crippen LogP contribution is -2.44. The third-order valence-electron chi connectivity index (χ3n) is 6.53. The van der Waals surface area contributed by atoms with Crippen LogP contribution >= 0.6 is 0 Å². The van der Waals surface area contributed by atoms with E-state index in [1.165, 1.54) is 5.56 Å². The minimum absolute atomic E-state index is 0.0133. The zero-order valence-electron chi connectivity index (χ0n) is 22.1. The highest BCUT2D eigenvalue weighted by Crippen LogP contribution is 2.31. The predicted molar refractivity (Wildman–Crippen MR) is 140 cm³/mol. The fourth-order valence-electron chi connectivity index (χ4n) is 4.43. The number of nitrogens with zero attached hydrogens (tertiary/aromatic N) is 3. The van der Waals surface area contributed by atoms with Gasteiger partial charge >= 0.3 is 12.1 Å². The second kappa shape index (κ2) is 14.8. The van der Waals surface area contributed by atoms with Gasteiger partial charge < -0.3 is 25.4 Å². The number of aryl methyl sites for hydroxylation is 2. The maximum Gasteiger partial charge on any atom is 0.418 e. The molecule has 3 N–H and O–H groups in total. The summed E-state index contributed by atoms with van der Waals surface area (Å²) in [5.41, 5.74) is 0.194. The number of ether oxygens (including phenoxy) is 1. The van der Waals surface area contributed by atoms with Crippen LogP contribution in [-0.2, 0) is 28.5 Å². The van der Waals surface area contributed by atoms with Crippen molar-refractivity contribution in [2.45, 2.75) is 57.7 Å². The van der Waals surface area contributed by atoms with Gasteiger partial charge in [-0.3, -0.25) is 9.78 Å². The number of nitrogens with one attached hydrogen (secondary N) is 2. The summed E-state index contributed by atoms with van der Waals surface area (Å²) in [4.78, 5) is 34.7. The average molecular weight is 552 g/mol. The monoisotopic (exact) mass is 551 g/mol. The molecule has 12 heteroatoms. The first kappa shape index (κ1) is 30.3. The van der Waals surface area contributed by atoms with E-state index in [9.17, 15) is 27.9 Å². The molecule has 2 aromatic heterocycles. The first-order chi connectivity index (χ1) is 18.7. The summed E-state index contributed by atoms with van der Waals surface area (Å²) in [5.74, 6) is -1.54. The molecule has 0 aliphatic carbocycles. The van der Waals surface area contributed by atoms with Crippen LogP contribution < -0.4 is 10.6 Å². The number of carboxylic acid groups (broad SMARTS) is 1. The Morgan fingerprint density at radius 3 is 2.77 bits per heavy atom. The van der Waals surface area contributed by atoms with E-state index >= 15 is 0 Å². The van der Waals surface area contributed by atoms with E-state index in [1.807, 2.05) is 11.8 Å². The predicted octanol–water partition coefficient (Wildman–Crippen LogP) is 3.79.